The molecule has 3 N–H and O–H groups in total. The van der Waals surface area contributed by atoms with E-state index >= 15 is 0 Å². The minimum absolute atomic E-state index is 0.0689. The molecule has 2 aromatic rings. The number of carbonyl (C=O) groups is 2. The molecule has 150 valence electrons. The second-order valence-corrected chi connectivity index (χ2v) is 8.06. The summed E-state index contributed by atoms with van der Waals surface area (Å²) in [5.41, 5.74) is 0.538. The fraction of sp³-hybridized carbons (Fsp3) is 0.222. The Labute approximate surface area is 168 Å². The van der Waals surface area contributed by atoms with Gasteiger partial charge in [0.05, 0.1) is 24.1 Å². The van der Waals surface area contributed by atoms with Gasteiger partial charge in [-0.2, -0.15) is 0 Å². The third-order valence-corrected chi connectivity index (χ3v) is 4.16. The van der Waals surface area contributed by atoms with Crippen LogP contribution in [0.5, 0.6) is 5.75 Å². The van der Waals surface area contributed by atoms with Crippen LogP contribution in [0.15, 0.2) is 42.5 Å². The molecule has 0 aliphatic rings. The molecule has 8 nitrogen and oxygen atoms in total. The fourth-order valence-electron chi connectivity index (χ4n) is 2.29. The van der Waals surface area contributed by atoms with Crippen LogP contribution in [0.3, 0.4) is 0 Å². The lowest BCUT2D eigenvalue weighted by Gasteiger charge is -2.13. The van der Waals surface area contributed by atoms with Gasteiger partial charge in [-0.15, -0.1) is 0 Å². The van der Waals surface area contributed by atoms with Gasteiger partial charge in [0.2, 0.25) is 15.9 Å². The maximum absolute atomic E-state index is 12.5. The van der Waals surface area contributed by atoms with Crippen LogP contribution in [0.1, 0.15) is 17.3 Å². The van der Waals surface area contributed by atoms with Crippen molar-refractivity contribution in [3.63, 3.8) is 0 Å². The van der Waals surface area contributed by atoms with Crippen molar-refractivity contribution < 1.29 is 22.7 Å². The molecule has 0 fully saturated rings. The number of sulfonamides is 1. The molecule has 0 saturated carbocycles. The molecule has 2 amide bonds. The SMILES string of the molecule is CC(=O)Nc1ccc(NS(C)(=O)=O)c(C(=O)NCCOc2cccc(Cl)c2)c1. The van der Waals surface area contributed by atoms with Crippen LogP contribution in [0.25, 0.3) is 0 Å². The number of halogens is 1. The predicted octanol–water partition coefficient (Wildman–Crippen LogP) is 2.48. The summed E-state index contributed by atoms with van der Waals surface area (Å²) in [6, 6.07) is 11.1. The van der Waals surface area contributed by atoms with E-state index in [0.29, 0.717) is 16.5 Å². The number of rotatable bonds is 8. The standard InChI is InChI=1S/C18H20ClN3O5S/c1-12(23)21-14-6-7-17(22-28(2,25)26)16(11-14)18(24)20-8-9-27-15-5-3-4-13(19)10-15/h3-7,10-11,22H,8-9H2,1-2H3,(H,20,24)(H,21,23). The lowest BCUT2D eigenvalue weighted by Crippen LogP contribution is -2.29. The average Bonchev–Trinajstić information content (AvgIpc) is 2.58. The molecule has 2 rings (SSSR count). The molecule has 0 aromatic heterocycles. The molecule has 0 spiro atoms. The Bertz CT molecular complexity index is 979. The smallest absolute Gasteiger partial charge is 0.253 e. The molecular weight excluding hydrogens is 406 g/mol. The van der Waals surface area contributed by atoms with E-state index in [0.717, 1.165) is 6.26 Å². The maximum atomic E-state index is 12.5. The molecule has 2 aromatic carbocycles. The largest absolute Gasteiger partial charge is 0.492 e. The van der Waals surface area contributed by atoms with Crippen molar-refractivity contribution in [2.24, 2.45) is 0 Å². The molecule has 0 aliphatic heterocycles. The third-order valence-electron chi connectivity index (χ3n) is 3.33. The number of hydrogen-bond donors (Lipinski definition) is 3. The van der Waals surface area contributed by atoms with Gasteiger partial charge in [0.1, 0.15) is 12.4 Å². The maximum Gasteiger partial charge on any atom is 0.253 e. The minimum atomic E-state index is -3.59. The summed E-state index contributed by atoms with van der Waals surface area (Å²) >= 11 is 5.87. The van der Waals surface area contributed by atoms with E-state index < -0.39 is 15.9 Å². The Balaban J connectivity index is 2.07. The summed E-state index contributed by atoms with van der Waals surface area (Å²) in [6.45, 7) is 1.69. The molecule has 10 heteroatoms. The third kappa shape index (κ3) is 7.09. The van der Waals surface area contributed by atoms with Crippen molar-refractivity contribution >= 4 is 44.8 Å². The summed E-state index contributed by atoms with van der Waals surface area (Å²) < 4.78 is 30.9. The van der Waals surface area contributed by atoms with Crippen LogP contribution in [0.2, 0.25) is 5.02 Å². The molecule has 0 atom stereocenters. The first-order valence-corrected chi connectivity index (χ1v) is 10.5. The quantitative estimate of drug-likeness (QED) is 0.562. The van der Waals surface area contributed by atoms with Crippen molar-refractivity contribution in [1.82, 2.24) is 5.32 Å². The van der Waals surface area contributed by atoms with E-state index in [-0.39, 0.29) is 30.3 Å². The first-order valence-electron chi connectivity index (χ1n) is 8.20. The van der Waals surface area contributed by atoms with Crippen LogP contribution in [0, 0.1) is 0 Å². The minimum Gasteiger partial charge on any atom is -0.492 e. The Morgan fingerprint density at radius 2 is 1.89 bits per heavy atom. The van der Waals surface area contributed by atoms with Crippen molar-refractivity contribution in [3.8, 4) is 5.75 Å². The lowest BCUT2D eigenvalue weighted by molar-refractivity contribution is -0.114. The average molecular weight is 426 g/mol. The molecule has 0 heterocycles. The van der Waals surface area contributed by atoms with Gasteiger partial charge in [-0.25, -0.2) is 8.42 Å². The highest BCUT2D eigenvalue weighted by Gasteiger charge is 2.15. The van der Waals surface area contributed by atoms with Gasteiger partial charge < -0.3 is 15.4 Å². The van der Waals surface area contributed by atoms with Crippen molar-refractivity contribution in [2.45, 2.75) is 6.92 Å². The highest BCUT2D eigenvalue weighted by atomic mass is 35.5. The van der Waals surface area contributed by atoms with Gasteiger partial charge in [-0.05, 0) is 36.4 Å². The van der Waals surface area contributed by atoms with E-state index in [2.05, 4.69) is 15.4 Å². The highest BCUT2D eigenvalue weighted by molar-refractivity contribution is 7.92. The summed E-state index contributed by atoms with van der Waals surface area (Å²) in [4.78, 5) is 23.7. The Hall–Kier alpha value is -2.78. The van der Waals surface area contributed by atoms with Crippen molar-refractivity contribution in [2.75, 3.05) is 29.4 Å². The number of carbonyl (C=O) groups excluding carboxylic acids is 2. The normalized spacial score (nSPS) is 10.8. The molecule has 28 heavy (non-hydrogen) atoms. The van der Waals surface area contributed by atoms with Gasteiger partial charge in [0.15, 0.2) is 0 Å². The van der Waals surface area contributed by atoms with Crippen LogP contribution in [0.4, 0.5) is 11.4 Å². The number of ether oxygens (including phenoxy) is 1. The molecule has 0 saturated heterocycles. The molecule has 0 bridgehead atoms. The molecule has 0 radical (unpaired) electrons. The first-order chi connectivity index (χ1) is 13.1. The van der Waals surface area contributed by atoms with Gasteiger partial charge >= 0.3 is 0 Å². The van der Waals surface area contributed by atoms with E-state index in [1.165, 1.54) is 25.1 Å². The summed E-state index contributed by atoms with van der Waals surface area (Å²) in [5.74, 6) is -0.271. The Morgan fingerprint density at radius 1 is 1.14 bits per heavy atom. The monoisotopic (exact) mass is 425 g/mol. The van der Waals surface area contributed by atoms with Gasteiger partial charge in [-0.1, -0.05) is 17.7 Å². The zero-order valence-electron chi connectivity index (χ0n) is 15.3. The van der Waals surface area contributed by atoms with Gasteiger partial charge in [-0.3, -0.25) is 14.3 Å². The molecular formula is C18H20ClN3O5S. The highest BCUT2D eigenvalue weighted by Crippen LogP contribution is 2.22. The van der Waals surface area contributed by atoms with Crippen LogP contribution in [-0.4, -0.2) is 39.6 Å². The van der Waals surface area contributed by atoms with E-state index in [9.17, 15) is 18.0 Å². The van der Waals surface area contributed by atoms with Crippen molar-refractivity contribution in [1.29, 1.82) is 0 Å². The van der Waals surface area contributed by atoms with Crippen molar-refractivity contribution in [3.05, 3.63) is 53.1 Å². The molecule has 0 aliphatic carbocycles. The zero-order valence-corrected chi connectivity index (χ0v) is 16.9. The summed E-state index contributed by atoms with van der Waals surface area (Å²) in [6.07, 6.45) is 0.981. The lowest BCUT2D eigenvalue weighted by atomic mass is 10.1. The summed E-state index contributed by atoms with van der Waals surface area (Å²) in [7, 11) is -3.59. The van der Waals surface area contributed by atoms with E-state index in [4.69, 9.17) is 16.3 Å². The van der Waals surface area contributed by atoms with Crippen LogP contribution >= 0.6 is 11.6 Å². The fourth-order valence-corrected chi connectivity index (χ4v) is 3.05. The van der Waals surface area contributed by atoms with E-state index in [1.54, 1.807) is 24.3 Å². The number of amides is 2. The number of nitrogens with one attached hydrogen (secondary N) is 3. The Kier molecular flexibility index (Phi) is 7.24. The topological polar surface area (TPSA) is 114 Å². The van der Waals surface area contributed by atoms with Gasteiger partial charge in [0, 0.05) is 17.6 Å². The number of benzene rings is 2. The first kappa shape index (κ1) is 21.5. The van der Waals surface area contributed by atoms with Gasteiger partial charge in [0.25, 0.3) is 5.91 Å². The second-order valence-electron chi connectivity index (χ2n) is 5.88. The van der Waals surface area contributed by atoms with E-state index in [1.807, 2.05) is 0 Å². The predicted molar refractivity (Wildman–Crippen MR) is 108 cm³/mol. The van der Waals surface area contributed by atoms with Crippen LogP contribution in [-0.2, 0) is 14.8 Å². The zero-order chi connectivity index (χ0) is 20.7. The molecule has 0 unspecified atom stereocenters. The second kappa shape index (κ2) is 9.43. The number of hydrogen-bond acceptors (Lipinski definition) is 5. The van der Waals surface area contributed by atoms with Crippen LogP contribution < -0.4 is 20.1 Å². The Morgan fingerprint density at radius 3 is 2.54 bits per heavy atom. The number of anilines is 2. The summed E-state index contributed by atoms with van der Waals surface area (Å²) in [5, 5.41) is 5.73.